The summed E-state index contributed by atoms with van der Waals surface area (Å²) in [5, 5.41) is 3.07. The minimum atomic E-state index is -0.657. The number of nitrogens with zero attached hydrogens (tertiary/aromatic N) is 1. The fraction of sp³-hybridized carbons (Fsp3) is 0.308. The molecule has 0 amide bonds. The van der Waals surface area contributed by atoms with Crippen molar-refractivity contribution in [2.75, 3.05) is 18.5 Å². The first kappa shape index (κ1) is 16.0. The Bertz CT molecular complexity index is 500. The van der Waals surface area contributed by atoms with Crippen molar-refractivity contribution in [3.63, 3.8) is 0 Å². The van der Waals surface area contributed by atoms with Gasteiger partial charge in [0.2, 0.25) is 0 Å². The van der Waals surface area contributed by atoms with Gasteiger partial charge in [0.1, 0.15) is 10.9 Å². The van der Waals surface area contributed by atoms with E-state index < -0.39 is 11.9 Å². The Balaban J connectivity index is 2.89. The van der Waals surface area contributed by atoms with Crippen molar-refractivity contribution in [2.24, 2.45) is 0 Å². The van der Waals surface area contributed by atoms with E-state index in [4.69, 9.17) is 21.1 Å². The fourth-order valence-corrected chi connectivity index (χ4v) is 1.37. The molecule has 0 saturated carbocycles. The van der Waals surface area contributed by atoms with Crippen LogP contribution in [0, 0.1) is 0 Å². The Labute approximate surface area is 121 Å². The molecule has 1 aromatic heterocycles. The number of anilines is 1. The van der Waals surface area contributed by atoms with Crippen LogP contribution < -0.4 is 5.32 Å². The molecule has 0 aliphatic rings. The molecule has 0 aliphatic carbocycles. The quantitative estimate of drug-likeness (QED) is 0.492. The van der Waals surface area contributed by atoms with Crippen molar-refractivity contribution in [3.8, 4) is 0 Å². The molecule has 0 radical (unpaired) electrons. The van der Waals surface area contributed by atoms with Gasteiger partial charge in [-0.25, -0.2) is 14.6 Å². The molecular formula is C13H15ClN2O4. The number of hydrogen-bond acceptors (Lipinski definition) is 6. The Morgan fingerprint density at radius 2 is 2.00 bits per heavy atom. The first-order valence-electron chi connectivity index (χ1n) is 6.01. The lowest BCUT2D eigenvalue weighted by Gasteiger charge is -2.09. The van der Waals surface area contributed by atoms with E-state index >= 15 is 0 Å². The Kier molecular flexibility index (Phi) is 6.52. The third-order valence-electron chi connectivity index (χ3n) is 2.05. The number of carbonyl (C=O) groups excluding carboxylic acids is 2. The van der Waals surface area contributed by atoms with Gasteiger partial charge < -0.3 is 14.8 Å². The second-order valence-corrected chi connectivity index (χ2v) is 3.91. The highest BCUT2D eigenvalue weighted by molar-refractivity contribution is 6.29. The molecular weight excluding hydrogens is 284 g/mol. The molecule has 1 rings (SSSR count). The molecule has 1 heterocycles. The molecule has 0 aromatic carbocycles. The summed E-state index contributed by atoms with van der Waals surface area (Å²) in [6.45, 7) is 3.75. The molecule has 0 saturated heterocycles. The Hall–Kier alpha value is -2.08. The molecule has 108 valence electrons. The van der Waals surface area contributed by atoms with Crippen molar-refractivity contribution in [2.45, 2.75) is 13.8 Å². The van der Waals surface area contributed by atoms with E-state index in [0.29, 0.717) is 10.8 Å². The molecule has 20 heavy (non-hydrogen) atoms. The maximum absolute atomic E-state index is 11.7. The topological polar surface area (TPSA) is 77.5 Å². The molecule has 0 atom stereocenters. The largest absolute Gasteiger partial charge is 0.463 e. The highest BCUT2D eigenvalue weighted by Gasteiger charge is 2.13. The molecule has 1 aromatic rings. The lowest BCUT2D eigenvalue weighted by molar-refractivity contribution is -0.140. The molecule has 7 heteroatoms. The third kappa shape index (κ3) is 5.27. The number of nitrogens with one attached hydrogen (secondary N) is 1. The van der Waals surface area contributed by atoms with Gasteiger partial charge in [-0.15, -0.1) is 0 Å². The number of esters is 2. The van der Waals surface area contributed by atoms with Crippen molar-refractivity contribution in [3.05, 3.63) is 35.3 Å². The van der Waals surface area contributed by atoms with Crippen molar-refractivity contribution >= 4 is 29.2 Å². The van der Waals surface area contributed by atoms with Gasteiger partial charge in [-0.1, -0.05) is 11.6 Å². The van der Waals surface area contributed by atoms with Crippen LogP contribution in [-0.4, -0.2) is 30.1 Å². The number of hydrogen-bond donors (Lipinski definition) is 1. The Morgan fingerprint density at radius 1 is 1.30 bits per heavy atom. The molecule has 1 N–H and O–H groups in total. The summed E-state index contributed by atoms with van der Waals surface area (Å²) in [5.41, 5.74) is 0.465. The number of ether oxygens (including phenoxy) is 2. The van der Waals surface area contributed by atoms with Gasteiger partial charge in [0.05, 0.1) is 31.2 Å². The lowest BCUT2D eigenvalue weighted by Crippen LogP contribution is -2.17. The fourth-order valence-electron chi connectivity index (χ4n) is 1.26. The van der Waals surface area contributed by atoms with E-state index in [0.717, 1.165) is 6.08 Å². The van der Waals surface area contributed by atoms with Crippen LogP contribution in [0.15, 0.2) is 30.1 Å². The van der Waals surface area contributed by atoms with Crippen LogP contribution in [0.4, 0.5) is 5.69 Å². The maximum Gasteiger partial charge on any atom is 0.355 e. The first-order chi connectivity index (χ1) is 9.56. The van der Waals surface area contributed by atoms with Crippen LogP contribution in [0.25, 0.3) is 0 Å². The second kappa shape index (κ2) is 8.16. The number of carbonyl (C=O) groups is 2. The monoisotopic (exact) mass is 298 g/mol. The summed E-state index contributed by atoms with van der Waals surface area (Å²) in [5.74, 6) is -1.29. The first-order valence-corrected chi connectivity index (χ1v) is 6.38. The predicted molar refractivity (Wildman–Crippen MR) is 74.2 cm³/mol. The normalized spacial score (nSPS) is 10.8. The summed E-state index contributed by atoms with van der Waals surface area (Å²) in [4.78, 5) is 27.0. The standard InChI is InChI=1S/C13H15ClN2O4/c1-3-19-12(17)7-10(13(18)20-4-2)16-9-5-6-11(14)15-8-9/h5-8,16H,3-4H2,1-2H3. The van der Waals surface area contributed by atoms with E-state index in [9.17, 15) is 9.59 Å². The van der Waals surface area contributed by atoms with E-state index in [1.54, 1.807) is 26.0 Å². The highest BCUT2D eigenvalue weighted by atomic mass is 35.5. The van der Waals surface area contributed by atoms with Gasteiger partial charge in [-0.2, -0.15) is 0 Å². The van der Waals surface area contributed by atoms with Gasteiger partial charge in [-0.3, -0.25) is 0 Å². The van der Waals surface area contributed by atoms with Gasteiger partial charge >= 0.3 is 11.9 Å². The average molecular weight is 299 g/mol. The van der Waals surface area contributed by atoms with Crippen LogP contribution in [0.1, 0.15) is 13.8 Å². The third-order valence-corrected chi connectivity index (χ3v) is 2.27. The van der Waals surface area contributed by atoms with Gasteiger partial charge in [-0.05, 0) is 26.0 Å². The number of rotatable bonds is 6. The average Bonchev–Trinajstić information content (AvgIpc) is 2.41. The lowest BCUT2D eigenvalue weighted by atomic mass is 10.3. The van der Waals surface area contributed by atoms with Crippen LogP contribution >= 0.6 is 11.6 Å². The summed E-state index contributed by atoms with van der Waals surface area (Å²) in [7, 11) is 0. The zero-order valence-corrected chi connectivity index (χ0v) is 11.9. The summed E-state index contributed by atoms with van der Waals surface area (Å²) in [6.07, 6.45) is 2.47. The molecule has 0 spiro atoms. The highest BCUT2D eigenvalue weighted by Crippen LogP contribution is 2.13. The van der Waals surface area contributed by atoms with Crippen molar-refractivity contribution in [1.82, 2.24) is 4.98 Å². The van der Waals surface area contributed by atoms with Gasteiger partial charge in [0, 0.05) is 0 Å². The molecule has 0 aliphatic heterocycles. The minimum Gasteiger partial charge on any atom is -0.463 e. The van der Waals surface area contributed by atoms with Crippen LogP contribution in [0.2, 0.25) is 5.15 Å². The minimum absolute atomic E-state index is 0.0329. The molecule has 0 unspecified atom stereocenters. The van der Waals surface area contributed by atoms with Gasteiger partial charge in [0.15, 0.2) is 0 Å². The summed E-state index contributed by atoms with van der Waals surface area (Å²) < 4.78 is 9.61. The Morgan fingerprint density at radius 3 is 2.55 bits per heavy atom. The van der Waals surface area contributed by atoms with E-state index in [1.807, 2.05) is 0 Å². The van der Waals surface area contributed by atoms with E-state index in [2.05, 4.69) is 10.3 Å². The maximum atomic E-state index is 11.7. The van der Waals surface area contributed by atoms with Crippen LogP contribution in [0.5, 0.6) is 0 Å². The zero-order valence-electron chi connectivity index (χ0n) is 11.2. The number of pyridine rings is 1. The SMILES string of the molecule is CCOC(=O)C=C(Nc1ccc(Cl)nc1)C(=O)OCC. The van der Waals surface area contributed by atoms with E-state index in [1.165, 1.54) is 6.20 Å². The molecule has 0 bridgehead atoms. The van der Waals surface area contributed by atoms with Crippen LogP contribution in [0.3, 0.4) is 0 Å². The van der Waals surface area contributed by atoms with Gasteiger partial charge in [0.25, 0.3) is 0 Å². The summed E-state index contributed by atoms with van der Waals surface area (Å²) in [6, 6.07) is 3.17. The smallest absolute Gasteiger partial charge is 0.355 e. The zero-order chi connectivity index (χ0) is 15.0. The number of halogens is 1. The molecule has 6 nitrogen and oxygen atoms in total. The molecule has 0 fully saturated rings. The second-order valence-electron chi connectivity index (χ2n) is 3.53. The van der Waals surface area contributed by atoms with E-state index in [-0.39, 0.29) is 18.9 Å². The summed E-state index contributed by atoms with van der Waals surface area (Å²) >= 11 is 5.67. The number of aromatic nitrogens is 1. The van der Waals surface area contributed by atoms with Crippen LogP contribution in [-0.2, 0) is 19.1 Å². The predicted octanol–water partition coefficient (Wildman–Crippen LogP) is 2.16. The van der Waals surface area contributed by atoms with Crippen molar-refractivity contribution < 1.29 is 19.1 Å². The van der Waals surface area contributed by atoms with Crippen molar-refractivity contribution in [1.29, 1.82) is 0 Å².